The molecule has 1 aromatic rings. The fourth-order valence-corrected chi connectivity index (χ4v) is 1.48. The SMILES string of the molecule is CCOC(=O)C(F)C(O)c1ccc(F)cc1C. The maximum Gasteiger partial charge on any atom is 0.343 e. The number of benzene rings is 1. The van der Waals surface area contributed by atoms with Gasteiger partial charge in [-0.2, -0.15) is 0 Å². The summed E-state index contributed by atoms with van der Waals surface area (Å²) >= 11 is 0. The first kappa shape index (κ1) is 13.6. The number of rotatable bonds is 4. The van der Waals surface area contributed by atoms with E-state index in [4.69, 9.17) is 0 Å². The summed E-state index contributed by atoms with van der Waals surface area (Å²) in [4.78, 5) is 11.1. The highest BCUT2D eigenvalue weighted by Gasteiger charge is 2.29. The first-order chi connectivity index (χ1) is 7.97. The molecule has 0 amide bonds. The average Bonchev–Trinajstić information content (AvgIpc) is 2.27. The molecule has 0 saturated heterocycles. The van der Waals surface area contributed by atoms with Crippen molar-refractivity contribution in [1.82, 2.24) is 0 Å². The van der Waals surface area contributed by atoms with Crippen LogP contribution < -0.4 is 0 Å². The molecular formula is C12H14F2O3. The molecule has 0 aromatic heterocycles. The number of alkyl halides is 1. The van der Waals surface area contributed by atoms with Crippen molar-refractivity contribution in [3.8, 4) is 0 Å². The molecule has 1 rings (SSSR count). The van der Waals surface area contributed by atoms with Crippen LogP contribution in [0.25, 0.3) is 0 Å². The van der Waals surface area contributed by atoms with Gasteiger partial charge in [0.25, 0.3) is 0 Å². The minimum Gasteiger partial charge on any atom is -0.464 e. The number of aliphatic hydroxyl groups is 1. The molecule has 0 radical (unpaired) electrons. The summed E-state index contributed by atoms with van der Waals surface area (Å²) in [6.07, 6.45) is -3.81. The van der Waals surface area contributed by atoms with Gasteiger partial charge in [-0.05, 0) is 37.1 Å². The molecule has 94 valence electrons. The van der Waals surface area contributed by atoms with E-state index < -0.39 is 24.1 Å². The predicted molar refractivity (Wildman–Crippen MR) is 57.6 cm³/mol. The summed E-state index contributed by atoms with van der Waals surface area (Å²) in [5.41, 5.74) is 0.552. The Morgan fingerprint density at radius 1 is 1.53 bits per heavy atom. The molecule has 17 heavy (non-hydrogen) atoms. The van der Waals surface area contributed by atoms with Crippen LogP contribution in [0, 0.1) is 12.7 Å². The van der Waals surface area contributed by atoms with Crippen LogP contribution in [0.5, 0.6) is 0 Å². The standard InChI is InChI=1S/C12H14F2O3/c1-3-17-12(16)10(14)11(15)9-5-4-8(13)6-7(9)2/h4-6,10-11,15H,3H2,1-2H3. The summed E-state index contributed by atoms with van der Waals surface area (Å²) in [6.45, 7) is 3.11. The monoisotopic (exact) mass is 244 g/mol. The Hall–Kier alpha value is -1.49. The topological polar surface area (TPSA) is 46.5 Å². The van der Waals surface area contributed by atoms with Crippen LogP contribution in [0.4, 0.5) is 8.78 Å². The number of aryl methyl sites for hydroxylation is 1. The number of carbonyl (C=O) groups excluding carboxylic acids is 1. The molecule has 3 nitrogen and oxygen atoms in total. The van der Waals surface area contributed by atoms with E-state index in [1.807, 2.05) is 0 Å². The maximum atomic E-state index is 13.5. The van der Waals surface area contributed by atoms with Crippen molar-refractivity contribution in [3.05, 3.63) is 35.1 Å². The average molecular weight is 244 g/mol. The van der Waals surface area contributed by atoms with E-state index in [-0.39, 0.29) is 12.2 Å². The van der Waals surface area contributed by atoms with Gasteiger partial charge >= 0.3 is 5.97 Å². The zero-order valence-electron chi connectivity index (χ0n) is 9.61. The van der Waals surface area contributed by atoms with Gasteiger partial charge in [0, 0.05) is 0 Å². The van der Waals surface area contributed by atoms with Gasteiger partial charge in [0.05, 0.1) is 6.61 Å². The Kier molecular flexibility index (Phi) is 4.57. The van der Waals surface area contributed by atoms with Crippen molar-refractivity contribution >= 4 is 5.97 Å². The van der Waals surface area contributed by atoms with Gasteiger partial charge in [0.15, 0.2) is 0 Å². The van der Waals surface area contributed by atoms with Gasteiger partial charge in [0.2, 0.25) is 6.17 Å². The van der Waals surface area contributed by atoms with Crippen LogP contribution >= 0.6 is 0 Å². The molecule has 0 aliphatic rings. The fourth-order valence-electron chi connectivity index (χ4n) is 1.48. The van der Waals surface area contributed by atoms with Crippen LogP contribution in [-0.4, -0.2) is 23.9 Å². The van der Waals surface area contributed by atoms with E-state index in [9.17, 15) is 18.7 Å². The highest BCUT2D eigenvalue weighted by molar-refractivity contribution is 5.75. The second-order valence-corrected chi connectivity index (χ2v) is 3.60. The van der Waals surface area contributed by atoms with Crippen molar-refractivity contribution in [1.29, 1.82) is 0 Å². The number of halogens is 2. The molecule has 0 aliphatic heterocycles. The number of aliphatic hydroxyl groups excluding tert-OH is 1. The Bertz CT molecular complexity index is 407. The first-order valence-corrected chi connectivity index (χ1v) is 5.22. The minimum atomic E-state index is -2.17. The lowest BCUT2D eigenvalue weighted by Crippen LogP contribution is -2.26. The molecular weight excluding hydrogens is 230 g/mol. The number of hydrogen-bond acceptors (Lipinski definition) is 3. The van der Waals surface area contributed by atoms with Gasteiger partial charge in [-0.1, -0.05) is 6.07 Å². The highest BCUT2D eigenvalue weighted by atomic mass is 19.1. The molecule has 1 N–H and O–H groups in total. The summed E-state index contributed by atoms with van der Waals surface area (Å²) in [7, 11) is 0. The van der Waals surface area contributed by atoms with Gasteiger partial charge in [-0.3, -0.25) is 0 Å². The van der Waals surface area contributed by atoms with Crippen LogP contribution in [0.15, 0.2) is 18.2 Å². The second kappa shape index (κ2) is 5.72. The third kappa shape index (κ3) is 3.23. The lowest BCUT2D eigenvalue weighted by Gasteiger charge is -2.16. The zero-order valence-corrected chi connectivity index (χ0v) is 9.61. The van der Waals surface area contributed by atoms with E-state index in [2.05, 4.69) is 4.74 Å². The Labute approximate surface area is 98.0 Å². The van der Waals surface area contributed by atoms with Crippen molar-refractivity contribution < 1.29 is 23.4 Å². The number of carbonyl (C=O) groups is 1. The summed E-state index contributed by atoms with van der Waals surface area (Å²) in [6, 6.07) is 3.51. The molecule has 0 spiro atoms. The number of esters is 1. The molecule has 0 heterocycles. The van der Waals surface area contributed by atoms with E-state index in [1.54, 1.807) is 6.92 Å². The normalized spacial score (nSPS) is 14.2. The van der Waals surface area contributed by atoms with Crippen molar-refractivity contribution in [2.75, 3.05) is 6.61 Å². The van der Waals surface area contributed by atoms with E-state index >= 15 is 0 Å². The molecule has 0 saturated carbocycles. The third-order valence-electron chi connectivity index (χ3n) is 2.34. The van der Waals surface area contributed by atoms with Crippen LogP contribution in [0.3, 0.4) is 0 Å². The Morgan fingerprint density at radius 2 is 2.18 bits per heavy atom. The van der Waals surface area contributed by atoms with Gasteiger partial charge in [0.1, 0.15) is 11.9 Å². The van der Waals surface area contributed by atoms with E-state index in [0.717, 1.165) is 12.1 Å². The molecule has 0 bridgehead atoms. The zero-order chi connectivity index (χ0) is 13.0. The molecule has 2 unspecified atom stereocenters. The number of ether oxygens (including phenoxy) is 1. The fraction of sp³-hybridized carbons (Fsp3) is 0.417. The lowest BCUT2D eigenvalue weighted by atomic mass is 10.00. The smallest absolute Gasteiger partial charge is 0.343 e. The second-order valence-electron chi connectivity index (χ2n) is 3.60. The quantitative estimate of drug-likeness (QED) is 0.825. The predicted octanol–water partition coefficient (Wildman–Crippen LogP) is 2.07. The minimum absolute atomic E-state index is 0.0361. The van der Waals surface area contributed by atoms with Crippen LogP contribution in [-0.2, 0) is 9.53 Å². The molecule has 5 heteroatoms. The summed E-state index contributed by atoms with van der Waals surface area (Å²) in [5, 5.41) is 9.66. The van der Waals surface area contributed by atoms with Crippen molar-refractivity contribution in [2.24, 2.45) is 0 Å². The summed E-state index contributed by atoms with van der Waals surface area (Å²) < 4.78 is 30.8. The first-order valence-electron chi connectivity index (χ1n) is 5.22. The van der Waals surface area contributed by atoms with E-state index in [0.29, 0.717) is 5.56 Å². The lowest BCUT2D eigenvalue weighted by molar-refractivity contribution is -0.153. The van der Waals surface area contributed by atoms with Gasteiger partial charge < -0.3 is 9.84 Å². The molecule has 0 aliphatic carbocycles. The number of hydrogen-bond donors (Lipinski definition) is 1. The Balaban J connectivity index is 2.88. The van der Waals surface area contributed by atoms with Crippen LogP contribution in [0.1, 0.15) is 24.2 Å². The molecule has 1 aromatic carbocycles. The third-order valence-corrected chi connectivity index (χ3v) is 2.34. The molecule has 0 fully saturated rings. The maximum absolute atomic E-state index is 13.5. The highest BCUT2D eigenvalue weighted by Crippen LogP contribution is 2.24. The largest absolute Gasteiger partial charge is 0.464 e. The van der Waals surface area contributed by atoms with Gasteiger partial charge in [-0.25, -0.2) is 13.6 Å². The van der Waals surface area contributed by atoms with Gasteiger partial charge in [-0.15, -0.1) is 0 Å². The molecule has 2 atom stereocenters. The van der Waals surface area contributed by atoms with E-state index in [1.165, 1.54) is 13.0 Å². The van der Waals surface area contributed by atoms with Crippen molar-refractivity contribution in [2.45, 2.75) is 26.1 Å². The summed E-state index contributed by atoms with van der Waals surface area (Å²) in [5.74, 6) is -1.60. The Morgan fingerprint density at radius 3 is 2.71 bits per heavy atom. The van der Waals surface area contributed by atoms with Crippen LogP contribution in [0.2, 0.25) is 0 Å². The van der Waals surface area contributed by atoms with Crippen molar-refractivity contribution in [3.63, 3.8) is 0 Å².